The Balaban J connectivity index is 1.50. The summed E-state index contributed by atoms with van der Waals surface area (Å²) in [6.45, 7) is 5.39. The lowest BCUT2D eigenvalue weighted by Gasteiger charge is -2.32. The number of anilines is 2. The highest BCUT2D eigenvalue weighted by atomic mass is 35.5. The zero-order chi connectivity index (χ0) is 20.8. The van der Waals surface area contributed by atoms with Crippen LogP contribution in [0.2, 0.25) is 5.02 Å². The quantitative estimate of drug-likeness (QED) is 0.743. The topological polar surface area (TPSA) is 74.3 Å². The molecule has 2 aromatic rings. The standard InChI is InChI=1S/C22H27ClN4O2/c1-3-21(28)26-19-7-4-16(5-8-19)15(2)25-22(29)17-10-12-27(13-11-17)20-9-6-18(23)14-24-20/h4-9,14-15,17H,3,10-13H2,1-2H3,(H,25,29)(H,26,28). The monoisotopic (exact) mass is 414 g/mol. The number of benzene rings is 1. The maximum Gasteiger partial charge on any atom is 0.224 e. The van der Waals surface area contributed by atoms with Crippen LogP contribution in [0.1, 0.15) is 44.7 Å². The average molecular weight is 415 g/mol. The summed E-state index contributed by atoms with van der Waals surface area (Å²) in [4.78, 5) is 30.7. The van der Waals surface area contributed by atoms with E-state index in [0.29, 0.717) is 11.4 Å². The molecule has 1 aliphatic heterocycles. The first-order chi connectivity index (χ1) is 14.0. The second kappa shape index (κ2) is 9.74. The van der Waals surface area contributed by atoms with Gasteiger partial charge < -0.3 is 15.5 Å². The third-order valence-electron chi connectivity index (χ3n) is 5.28. The summed E-state index contributed by atoms with van der Waals surface area (Å²) < 4.78 is 0. The summed E-state index contributed by atoms with van der Waals surface area (Å²) >= 11 is 5.90. The molecule has 3 rings (SSSR count). The average Bonchev–Trinajstić information content (AvgIpc) is 2.74. The summed E-state index contributed by atoms with van der Waals surface area (Å²) in [5.41, 5.74) is 1.78. The van der Waals surface area contributed by atoms with Crippen LogP contribution in [0.3, 0.4) is 0 Å². The molecule has 1 unspecified atom stereocenters. The number of nitrogens with one attached hydrogen (secondary N) is 2. The largest absolute Gasteiger partial charge is 0.357 e. The van der Waals surface area contributed by atoms with Gasteiger partial charge in [-0.15, -0.1) is 0 Å². The summed E-state index contributed by atoms with van der Waals surface area (Å²) in [7, 11) is 0. The highest BCUT2D eigenvalue weighted by Crippen LogP contribution is 2.24. The molecule has 1 aromatic carbocycles. The van der Waals surface area contributed by atoms with Gasteiger partial charge in [0.25, 0.3) is 0 Å². The smallest absolute Gasteiger partial charge is 0.224 e. The molecule has 0 bridgehead atoms. The van der Waals surface area contributed by atoms with Crippen molar-refractivity contribution in [1.29, 1.82) is 0 Å². The molecule has 0 saturated carbocycles. The lowest BCUT2D eigenvalue weighted by atomic mass is 9.95. The van der Waals surface area contributed by atoms with Crippen LogP contribution in [0.25, 0.3) is 0 Å². The molecular formula is C22H27ClN4O2. The Labute approximate surface area is 176 Å². The Morgan fingerprint density at radius 3 is 2.45 bits per heavy atom. The number of carbonyl (C=O) groups is 2. The molecule has 1 atom stereocenters. The van der Waals surface area contributed by atoms with Crippen molar-refractivity contribution < 1.29 is 9.59 Å². The molecule has 0 spiro atoms. The summed E-state index contributed by atoms with van der Waals surface area (Å²) in [6, 6.07) is 11.3. The van der Waals surface area contributed by atoms with E-state index in [1.807, 2.05) is 50.2 Å². The molecule has 29 heavy (non-hydrogen) atoms. The van der Waals surface area contributed by atoms with Crippen molar-refractivity contribution in [2.24, 2.45) is 5.92 Å². The lowest BCUT2D eigenvalue weighted by Crippen LogP contribution is -2.41. The van der Waals surface area contributed by atoms with Crippen molar-refractivity contribution in [2.45, 2.75) is 39.2 Å². The molecule has 2 N–H and O–H groups in total. The number of amides is 2. The normalized spacial score (nSPS) is 15.6. The number of halogens is 1. The Morgan fingerprint density at radius 2 is 1.86 bits per heavy atom. The van der Waals surface area contributed by atoms with Gasteiger partial charge in [0.2, 0.25) is 11.8 Å². The van der Waals surface area contributed by atoms with Crippen LogP contribution in [0, 0.1) is 5.92 Å². The maximum atomic E-state index is 12.7. The molecule has 2 amide bonds. The van der Waals surface area contributed by atoms with Crippen LogP contribution in [0.5, 0.6) is 0 Å². The third-order valence-corrected chi connectivity index (χ3v) is 5.50. The molecule has 0 aliphatic carbocycles. The van der Waals surface area contributed by atoms with Crippen LogP contribution in [0.4, 0.5) is 11.5 Å². The first-order valence-electron chi connectivity index (χ1n) is 10.0. The van der Waals surface area contributed by atoms with Crippen LogP contribution in [-0.4, -0.2) is 29.9 Å². The van der Waals surface area contributed by atoms with E-state index in [4.69, 9.17) is 11.6 Å². The second-order valence-corrected chi connectivity index (χ2v) is 7.79. The highest BCUT2D eigenvalue weighted by molar-refractivity contribution is 6.30. The minimum absolute atomic E-state index is 0.00381. The fourth-order valence-corrected chi connectivity index (χ4v) is 3.56. The molecule has 1 saturated heterocycles. The summed E-state index contributed by atoms with van der Waals surface area (Å²) in [5, 5.41) is 6.57. The van der Waals surface area contributed by atoms with Crippen LogP contribution in [0.15, 0.2) is 42.6 Å². The van der Waals surface area contributed by atoms with Gasteiger partial charge in [-0.25, -0.2) is 4.98 Å². The van der Waals surface area contributed by atoms with E-state index in [0.717, 1.165) is 43.0 Å². The van der Waals surface area contributed by atoms with Gasteiger partial charge in [-0.3, -0.25) is 9.59 Å². The molecule has 1 aromatic heterocycles. The highest BCUT2D eigenvalue weighted by Gasteiger charge is 2.26. The molecule has 1 aliphatic rings. The number of hydrogen-bond donors (Lipinski definition) is 2. The van der Waals surface area contributed by atoms with Crippen molar-refractivity contribution in [1.82, 2.24) is 10.3 Å². The number of rotatable bonds is 6. The molecule has 6 nitrogen and oxygen atoms in total. The number of carbonyl (C=O) groups excluding carboxylic acids is 2. The zero-order valence-electron chi connectivity index (χ0n) is 16.8. The molecular weight excluding hydrogens is 388 g/mol. The van der Waals surface area contributed by atoms with Gasteiger partial charge in [-0.2, -0.15) is 0 Å². The van der Waals surface area contributed by atoms with Gasteiger partial charge in [0.15, 0.2) is 0 Å². The van der Waals surface area contributed by atoms with E-state index in [-0.39, 0.29) is 23.8 Å². The van der Waals surface area contributed by atoms with Crippen molar-refractivity contribution in [3.8, 4) is 0 Å². The van der Waals surface area contributed by atoms with Gasteiger partial charge >= 0.3 is 0 Å². The molecule has 154 valence electrons. The van der Waals surface area contributed by atoms with Gasteiger partial charge in [-0.1, -0.05) is 30.7 Å². The SMILES string of the molecule is CCC(=O)Nc1ccc(C(C)NC(=O)C2CCN(c3ccc(Cl)cn3)CC2)cc1. The summed E-state index contributed by atoms with van der Waals surface area (Å²) in [5.74, 6) is 0.977. The molecule has 0 radical (unpaired) electrons. The van der Waals surface area contributed by atoms with Gasteiger partial charge in [0.1, 0.15) is 5.82 Å². The third kappa shape index (κ3) is 5.70. The number of nitrogens with zero attached hydrogens (tertiary/aromatic N) is 2. The van der Waals surface area contributed by atoms with Crippen molar-refractivity contribution in [3.63, 3.8) is 0 Å². The van der Waals surface area contributed by atoms with Gasteiger partial charge in [-0.05, 0) is 49.6 Å². The first-order valence-corrected chi connectivity index (χ1v) is 10.4. The minimum atomic E-state index is -0.0885. The van der Waals surface area contributed by atoms with E-state index in [9.17, 15) is 9.59 Å². The van der Waals surface area contributed by atoms with Crippen LogP contribution in [-0.2, 0) is 9.59 Å². The maximum absolute atomic E-state index is 12.7. The zero-order valence-corrected chi connectivity index (χ0v) is 17.6. The Bertz CT molecular complexity index is 831. The first kappa shape index (κ1) is 21.1. The summed E-state index contributed by atoms with van der Waals surface area (Å²) in [6.07, 6.45) is 3.69. The molecule has 2 heterocycles. The number of hydrogen-bond acceptors (Lipinski definition) is 4. The Morgan fingerprint density at radius 1 is 1.17 bits per heavy atom. The fourth-order valence-electron chi connectivity index (χ4n) is 3.44. The minimum Gasteiger partial charge on any atom is -0.357 e. The van der Waals surface area contributed by atoms with E-state index in [1.54, 1.807) is 6.20 Å². The van der Waals surface area contributed by atoms with Gasteiger partial charge in [0.05, 0.1) is 11.1 Å². The molecule has 1 fully saturated rings. The Hall–Kier alpha value is -2.60. The van der Waals surface area contributed by atoms with Crippen LogP contribution >= 0.6 is 11.6 Å². The van der Waals surface area contributed by atoms with Crippen molar-refractivity contribution in [3.05, 3.63) is 53.2 Å². The predicted molar refractivity (Wildman–Crippen MR) is 116 cm³/mol. The second-order valence-electron chi connectivity index (χ2n) is 7.35. The predicted octanol–water partition coefficient (Wildman–Crippen LogP) is 4.18. The molecule has 7 heteroatoms. The fraction of sp³-hybridized carbons (Fsp3) is 0.409. The van der Waals surface area contributed by atoms with Gasteiger partial charge in [0, 0.05) is 37.3 Å². The van der Waals surface area contributed by atoms with Crippen molar-refractivity contribution in [2.75, 3.05) is 23.3 Å². The van der Waals surface area contributed by atoms with Crippen molar-refractivity contribution >= 4 is 34.9 Å². The van der Waals surface area contributed by atoms with Crippen LogP contribution < -0.4 is 15.5 Å². The van der Waals surface area contributed by atoms with E-state index in [2.05, 4.69) is 20.5 Å². The number of aromatic nitrogens is 1. The Kier molecular flexibility index (Phi) is 7.09. The van der Waals surface area contributed by atoms with E-state index in [1.165, 1.54) is 0 Å². The van der Waals surface area contributed by atoms with E-state index >= 15 is 0 Å². The number of pyridine rings is 1. The lowest BCUT2D eigenvalue weighted by molar-refractivity contribution is -0.126. The van der Waals surface area contributed by atoms with E-state index < -0.39 is 0 Å². The number of piperidine rings is 1.